The van der Waals surface area contributed by atoms with Crippen LogP contribution in [0.15, 0.2) is 78.9 Å². The van der Waals surface area contributed by atoms with Crippen LogP contribution in [0.1, 0.15) is 23.5 Å². The maximum atomic E-state index is 12.5. The molecule has 1 aliphatic rings. The molecule has 3 aromatic rings. The molecule has 8 nitrogen and oxygen atoms in total. The molecular weight excluding hydrogens is 450 g/mol. The second-order valence-electron chi connectivity index (χ2n) is 7.85. The smallest absolute Gasteiger partial charge is 0.467 e. The van der Waals surface area contributed by atoms with Crippen LogP contribution < -0.4 is 10.1 Å². The Labute approximate surface area is 202 Å². The summed E-state index contributed by atoms with van der Waals surface area (Å²) < 4.78 is 20.3. The average molecular weight is 475 g/mol. The molecule has 35 heavy (non-hydrogen) atoms. The number of hydrogen-bond donors (Lipinski definition) is 1. The van der Waals surface area contributed by atoms with Crippen LogP contribution in [0.5, 0.6) is 5.75 Å². The molecule has 1 atom stereocenters. The third-order valence-corrected chi connectivity index (χ3v) is 5.69. The van der Waals surface area contributed by atoms with Gasteiger partial charge in [0.05, 0.1) is 13.7 Å². The zero-order chi connectivity index (χ0) is 24.6. The number of alkyl carbamates (subject to hydrolysis) is 1. The summed E-state index contributed by atoms with van der Waals surface area (Å²) in [5, 5.41) is 2.50. The summed E-state index contributed by atoms with van der Waals surface area (Å²) in [5.74, 6) is -0.460. The van der Waals surface area contributed by atoms with Crippen molar-refractivity contribution in [3.63, 3.8) is 0 Å². The van der Waals surface area contributed by atoms with E-state index in [2.05, 4.69) is 5.32 Å². The van der Waals surface area contributed by atoms with Gasteiger partial charge in [-0.3, -0.25) is 0 Å². The lowest BCUT2D eigenvalue weighted by Gasteiger charge is -2.18. The van der Waals surface area contributed by atoms with E-state index >= 15 is 0 Å². The molecule has 3 aromatic carbocycles. The molecule has 0 heterocycles. The van der Waals surface area contributed by atoms with Crippen molar-refractivity contribution in [1.29, 1.82) is 0 Å². The Balaban J connectivity index is 1.30. The van der Waals surface area contributed by atoms with E-state index in [1.807, 2.05) is 48.5 Å². The number of hydrogen-bond acceptors (Lipinski definition) is 7. The minimum atomic E-state index is -1.06. The van der Waals surface area contributed by atoms with Crippen molar-refractivity contribution in [3.05, 3.63) is 90.0 Å². The Bertz CT molecular complexity index is 1150. The fraction of sp³-hybridized carbons (Fsp3) is 0.222. The molecule has 4 rings (SSSR count). The Hall–Kier alpha value is -4.33. The number of para-hydroxylation sites is 1. The molecular formula is C27H25NO7. The van der Waals surface area contributed by atoms with Gasteiger partial charge < -0.3 is 24.3 Å². The van der Waals surface area contributed by atoms with Gasteiger partial charge in [-0.25, -0.2) is 14.4 Å². The third kappa shape index (κ3) is 5.78. The highest BCUT2D eigenvalue weighted by atomic mass is 16.7. The van der Waals surface area contributed by atoms with Crippen molar-refractivity contribution in [2.24, 2.45) is 0 Å². The van der Waals surface area contributed by atoms with E-state index in [0.29, 0.717) is 5.75 Å². The predicted molar refractivity (Wildman–Crippen MR) is 127 cm³/mol. The molecule has 0 unspecified atom stereocenters. The Morgan fingerprint density at radius 3 is 2.06 bits per heavy atom. The second kappa shape index (κ2) is 11.2. The fourth-order valence-corrected chi connectivity index (χ4v) is 4.05. The van der Waals surface area contributed by atoms with Crippen LogP contribution in [0.3, 0.4) is 0 Å². The second-order valence-corrected chi connectivity index (χ2v) is 7.85. The average Bonchev–Trinajstić information content (AvgIpc) is 3.20. The first-order valence-electron chi connectivity index (χ1n) is 11.2. The quantitative estimate of drug-likeness (QED) is 0.287. The normalized spacial score (nSPS) is 12.6. The van der Waals surface area contributed by atoms with E-state index in [0.717, 1.165) is 22.3 Å². The van der Waals surface area contributed by atoms with Gasteiger partial charge in [0.2, 0.25) is 0 Å². The van der Waals surface area contributed by atoms with Gasteiger partial charge in [0, 0.05) is 12.3 Å². The molecule has 8 heteroatoms. The van der Waals surface area contributed by atoms with Gasteiger partial charge in [0.15, 0.2) is 0 Å². The van der Waals surface area contributed by atoms with E-state index in [4.69, 9.17) is 18.9 Å². The maximum Gasteiger partial charge on any atom is 0.513 e. The van der Waals surface area contributed by atoms with Crippen LogP contribution in [0.25, 0.3) is 11.1 Å². The molecule has 0 fully saturated rings. The molecule has 0 spiro atoms. The number of fused-ring (bicyclic) bond motifs is 3. The lowest BCUT2D eigenvalue weighted by atomic mass is 9.98. The van der Waals surface area contributed by atoms with Gasteiger partial charge in [-0.05, 0) is 34.4 Å². The van der Waals surface area contributed by atoms with Crippen LogP contribution in [-0.4, -0.2) is 44.6 Å². The van der Waals surface area contributed by atoms with Gasteiger partial charge in [0.25, 0.3) is 0 Å². The molecule has 0 saturated heterocycles. The van der Waals surface area contributed by atoms with E-state index in [-0.39, 0.29) is 25.6 Å². The molecule has 180 valence electrons. The summed E-state index contributed by atoms with van der Waals surface area (Å²) >= 11 is 0. The molecule has 1 N–H and O–H groups in total. The van der Waals surface area contributed by atoms with Crippen molar-refractivity contribution >= 4 is 18.2 Å². The number of rotatable bonds is 8. The van der Waals surface area contributed by atoms with E-state index in [1.165, 1.54) is 7.11 Å². The fourth-order valence-electron chi connectivity index (χ4n) is 4.05. The molecule has 0 saturated carbocycles. The Morgan fingerprint density at radius 2 is 1.43 bits per heavy atom. The van der Waals surface area contributed by atoms with Crippen LogP contribution >= 0.6 is 0 Å². The summed E-state index contributed by atoms with van der Waals surface area (Å²) in [6, 6.07) is 23.4. The van der Waals surface area contributed by atoms with Crippen molar-refractivity contribution < 1.29 is 33.3 Å². The lowest BCUT2D eigenvalue weighted by molar-refractivity contribution is -0.143. The third-order valence-electron chi connectivity index (χ3n) is 5.69. The summed E-state index contributed by atoms with van der Waals surface area (Å²) in [4.78, 5) is 36.5. The molecule has 0 aliphatic heterocycles. The van der Waals surface area contributed by atoms with Gasteiger partial charge in [-0.2, -0.15) is 0 Å². The van der Waals surface area contributed by atoms with Crippen LogP contribution in [0.4, 0.5) is 9.59 Å². The first kappa shape index (κ1) is 23.8. The zero-order valence-electron chi connectivity index (χ0n) is 19.1. The van der Waals surface area contributed by atoms with Crippen LogP contribution in [0.2, 0.25) is 0 Å². The highest BCUT2D eigenvalue weighted by Crippen LogP contribution is 2.44. The predicted octanol–water partition coefficient (Wildman–Crippen LogP) is 4.67. The molecule has 0 radical (unpaired) electrons. The van der Waals surface area contributed by atoms with Crippen molar-refractivity contribution in [2.45, 2.75) is 18.4 Å². The summed E-state index contributed by atoms with van der Waals surface area (Å²) in [5.41, 5.74) is 4.39. The number of methoxy groups -OCH3 is 1. The van der Waals surface area contributed by atoms with Crippen LogP contribution in [-0.2, 0) is 19.0 Å². The Kier molecular flexibility index (Phi) is 7.62. The molecule has 0 bridgehead atoms. The van der Waals surface area contributed by atoms with Gasteiger partial charge in [0.1, 0.15) is 18.4 Å². The molecule has 1 amide bonds. The maximum absolute atomic E-state index is 12.5. The van der Waals surface area contributed by atoms with Gasteiger partial charge in [-0.1, -0.05) is 66.7 Å². The number of benzene rings is 3. The number of ether oxygens (including phenoxy) is 4. The number of esters is 1. The number of nitrogens with one attached hydrogen (secondary N) is 1. The monoisotopic (exact) mass is 475 g/mol. The summed E-state index contributed by atoms with van der Waals surface area (Å²) in [7, 11) is 1.21. The number of amides is 1. The van der Waals surface area contributed by atoms with E-state index in [9.17, 15) is 14.4 Å². The van der Waals surface area contributed by atoms with Crippen molar-refractivity contribution in [2.75, 3.05) is 20.3 Å². The highest BCUT2D eigenvalue weighted by Gasteiger charge is 2.30. The van der Waals surface area contributed by atoms with Gasteiger partial charge in [-0.15, -0.1) is 0 Å². The van der Waals surface area contributed by atoms with Crippen molar-refractivity contribution in [3.8, 4) is 16.9 Å². The SMILES string of the molecule is COC(=O)[C@H](CCOC(=O)Oc1ccccc1)NC(=O)OCC1c2ccccc2-c2ccccc21. The van der Waals surface area contributed by atoms with Crippen molar-refractivity contribution in [1.82, 2.24) is 5.32 Å². The summed E-state index contributed by atoms with van der Waals surface area (Å²) in [6.45, 7) is -0.0667. The highest BCUT2D eigenvalue weighted by molar-refractivity contribution is 5.82. The number of carbonyl (C=O) groups excluding carboxylic acids is 3. The topological polar surface area (TPSA) is 100 Å². The molecule has 0 aromatic heterocycles. The standard InChI is InChI=1S/C27H25NO7/c1-32-25(29)24(15-16-33-27(31)35-18-9-3-2-4-10-18)28-26(30)34-17-23-21-13-7-5-11-19(21)20-12-6-8-14-22(20)23/h2-14,23-24H,15-17H2,1H3,(H,28,30)/t24-/m0/s1. The van der Waals surface area contributed by atoms with Gasteiger partial charge >= 0.3 is 18.2 Å². The van der Waals surface area contributed by atoms with Crippen LogP contribution in [0, 0.1) is 0 Å². The first-order valence-corrected chi connectivity index (χ1v) is 11.2. The minimum Gasteiger partial charge on any atom is -0.467 e. The van der Waals surface area contributed by atoms with E-state index in [1.54, 1.807) is 30.3 Å². The minimum absolute atomic E-state index is 0.0131. The Morgan fingerprint density at radius 1 is 0.829 bits per heavy atom. The number of carbonyl (C=O) groups is 3. The zero-order valence-corrected chi connectivity index (χ0v) is 19.1. The van der Waals surface area contributed by atoms with E-state index < -0.39 is 24.3 Å². The first-order chi connectivity index (χ1) is 17.1. The summed E-state index contributed by atoms with van der Waals surface area (Å²) in [6.07, 6.45) is -1.70. The lowest BCUT2D eigenvalue weighted by Crippen LogP contribution is -2.43. The molecule has 1 aliphatic carbocycles. The largest absolute Gasteiger partial charge is 0.513 e.